The first-order valence-corrected chi connectivity index (χ1v) is 2.97. The third kappa shape index (κ3) is 1.49. The van der Waals surface area contributed by atoms with E-state index < -0.39 is 0 Å². The highest BCUT2D eigenvalue weighted by molar-refractivity contribution is 5.95. The second-order valence-corrected chi connectivity index (χ2v) is 1.92. The molecule has 1 aromatic heterocycles. The predicted molar refractivity (Wildman–Crippen MR) is 37.1 cm³/mol. The van der Waals surface area contributed by atoms with Crippen LogP contribution in [0.2, 0.25) is 0 Å². The van der Waals surface area contributed by atoms with Crippen molar-refractivity contribution in [3.05, 3.63) is 11.8 Å². The Hall–Kier alpha value is -1.52. The monoisotopic (exact) mass is 156 g/mol. The Labute approximate surface area is 63.2 Å². The van der Waals surface area contributed by atoms with Gasteiger partial charge in [0.2, 0.25) is 0 Å². The van der Waals surface area contributed by atoms with E-state index in [2.05, 4.69) is 10.3 Å². The normalized spacial score (nSPS) is 11.6. The molecule has 60 valence electrons. The number of aromatic nitrogens is 1. The van der Waals surface area contributed by atoms with Crippen LogP contribution in [0.5, 0.6) is 5.88 Å². The standard InChI is InChI=1S/C6H8N2O3/c1-4(7-9)5-3-6(10-2)8-11-5/h3,9H,1-2H3/b7-4+. The molecule has 0 radical (unpaired) electrons. The molecule has 0 fully saturated rings. The van der Waals surface area contributed by atoms with Gasteiger partial charge in [0, 0.05) is 0 Å². The Morgan fingerprint density at radius 2 is 2.55 bits per heavy atom. The maximum atomic E-state index is 8.33. The molecular formula is C6H8N2O3. The van der Waals surface area contributed by atoms with Crippen LogP contribution < -0.4 is 4.74 Å². The summed E-state index contributed by atoms with van der Waals surface area (Å²) in [7, 11) is 1.48. The van der Waals surface area contributed by atoms with Crippen molar-refractivity contribution < 1.29 is 14.5 Å². The van der Waals surface area contributed by atoms with Crippen molar-refractivity contribution in [2.24, 2.45) is 5.16 Å². The zero-order chi connectivity index (χ0) is 8.27. The Morgan fingerprint density at radius 1 is 1.82 bits per heavy atom. The van der Waals surface area contributed by atoms with E-state index in [9.17, 15) is 0 Å². The summed E-state index contributed by atoms with van der Waals surface area (Å²) in [6.07, 6.45) is 0. The zero-order valence-electron chi connectivity index (χ0n) is 6.24. The minimum absolute atomic E-state index is 0.362. The highest BCUT2D eigenvalue weighted by Gasteiger charge is 2.06. The number of nitrogens with zero attached hydrogens (tertiary/aromatic N) is 2. The molecule has 1 heterocycles. The predicted octanol–water partition coefficient (Wildman–Crippen LogP) is 0.881. The van der Waals surface area contributed by atoms with Crippen LogP contribution in [0.25, 0.3) is 0 Å². The first kappa shape index (κ1) is 7.59. The molecule has 5 heteroatoms. The van der Waals surface area contributed by atoms with Gasteiger partial charge >= 0.3 is 0 Å². The average molecular weight is 156 g/mol. The van der Waals surface area contributed by atoms with Crippen LogP contribution >= 0.6 is 0 Å². The van der Waals surface area contributed by atoms with Crippen LogP contribution in [0.4, 0.5) is 0 Å². The number of hydrogen-bond donors (Lipinski definition) is 1. The SMILES string of the molecule is COc1cc(/C(C)=N/O)on1. The molecule has 0 bridgehead atoms. The van der Waals surface area contributed by atoms with Crippen molar-refractivity contribution in [2.75, 3.05) is 7.11 Å². The summed E-state index contributed by atoms with van der Waals surface area (Å²) in [5.41, 5.74) is 0.362. The maximum Gasteiger partial charge on any atom is 0.254 e. The number of hydrogen-bond acceptors (Lipinski definition) is 5. The van der Waals surface area contributed by atoms with Gasteiger partial charge in [0.25, 0.3) is 5.88 Å². The fraction of sp³-hybridized carbons (Fsp3) is 0.333. The number of rotatable bonds is 2. The van der Waals surface area contributed by atoms with Crippen LogP contribution in [0, 0.1) is 0 Å². The highest BCUT2D eigenvalue weighted by atomic mass is 16.5. The average Bonchev–Trinajstić information content (AvgIpc) is 2.50. The Bertz CT molecular complexity index is 267. The first-order chi connectivity index (χ1) is 5.27. The molecule has 0 unspecified atom stereocenters. The summed E-state index contributed by atoms with van der Waals surface area (Å²) < 4.78 is 9.49. The molecule has 0 aliphatic rings. The number of oxime groups is 1. The van der Waals surface area contributed by atoms with Gasteiger partial charge in [-0.15, -0.1) is 0 Å². The van der Waals surface area contributed by atoms with Gasteiger partial charge < -0.3 is 14.5 Å². The molecule has 0 aromatic carbocycles. The molecule has 1 N–H and O–H groups in total. The minimum atomic E-state index is 0.362. The second-order valence-electron chi connectivity index (χ2n) is 1.92. The lowest BCUT2D eigenvalue weighted by atomic mass is 10.3. The summed E-state index contributed by atoms with van der Waals surface area (Å²) >= 11 is 0. The third-order valence-electron chi connectivity index (χ3n) is 1.20. The molecule has 0 saturated heterocycles. The van der Waals surface area contributed by atoms with E-state index in [0.29, 0.717) is 17.4 Å². The smallest absolute Gasteiger partial charge is 0.254 e. The van der Waals surface area contributed by atoms with E-state index in [1.54, 1.807) is 6.92 Å². The van der Waals surface area contributed by atoms with E-state index in [-0.39, 0.29) is 0 Å². The van der Waals surface area contributed by atoms with Gasteiger partial charge in [0.15, 0.2) is 5.76 Å². The summed E-state index contributed by atoms with van der Waals surface area (Å²) in [5, 5.41) is 14.8. The number of methoxy groups -OCH3 is 1. The lowest BCUT2D eigenvalue weighted by molar-refractivity contribution is 0.313. The van der Waals surface area contributed by atoms with Gasteiger partial charge in [-0.2, -0.15) is 0 Å². The zero-order valence-corrected chi connectivity index (χ0v) is 6.24. The lowest BCUT2D eigenvalue weighted by Crippen LogP contribution is -1.90. The van der Waals surface area contributed by atoms with Crippen molar-refractivity contribution in [2.45, 2.75) is 6.92 Å². The number of ether oxygens (including phenoxy) is 1. The van der Waals surface area contributed by atoms with Crippen molar-refractivity contribution in [1.29, 1.82) is 0 Å². The topological polar surface area (TPSA) is 67.8 Å². The molecule has 1 aromatic rings. The van der Waals surface area contributed by atoms with Gasteiger partial charge in [-0.25, -0.2) is 0 Å². The largest absolute Gasteiger partial charge is 0.479 e. The Kier molecular flexibility index (Phi) is 2.10. The Morgan fingerprint density at radius 3 is 3.00 bits per heavy atom. The van der Waals surface area contributed by atoms with Crippen LogP contribution in [-0.4, -0.2) is 23.2 Å². The first-order valence-electron chi connectivity index (χ1n) is 2.97. The fourth-order valence-electron chi connectivity index (χ4n) is 0.575. The fourth-order valence-corrected chi connectivity index (χ4v) is 0.575. The van der Waals surface area contributed by atoms with Gasteiger partial charge in [-0.3, -0.25) is 0 Å². The van der Waals surface area contributed by atoms with Crippen LogP contribution in [0.3, 0.4) is 0 Å². The summed E-state index contributed by atoms with van der Waals surface area (Å²) in [6, 6.07) is 1.54. The van der Waals surface area contributed by atoms with Gasteiger partial charge in [-0.1, -0.05) is 5.16 Å². The molecule has 5 nitrogen and oxygen atoms in total. The molecule has 0 aliphatic carbocycles. The van der Waals surface area contributed by atoms with Crippen LogP contribution in [-0.2, 0) is 0 Å². The molecule has 0 atom stereocenters. The van der Waals surface area contributed by atoms with Crippen molar-refractivity contribution in [3.8, 4) is 5.88 Å². The molecule has 1 rings (SSSR count). The molecule has 0 amide bonds. The van der Waals surface area contributed by atoms with Crippen molar-refractivity contribution in [1.82, 2.24) is 5.16 Å². The molecular weight excluding hydrogens is 148 g/mol. The van der Waals surface area contributed by atoms with Crippen LogP contribution in [0.15, 0.2) is 15.7 Å². The van der Waals surface area contributed by atoms with Gasteiger partial charge in [-0.05, 0) is 12.1 Å². The maximum absolute atomic E-state index is 8.33. The molecule has 0 spiro atoms. The van der Waals surface area contributed by atoms with E-state index >= 15 is 0 Å². The van der Waals surface area contributed by atoms with Gasteiger partial charge in [0.05, 0.1) is 13.2 Å². The molecule has 0 saturated carbocycles. The summed E-state index contributed by atoms with van der Waals surface area (Å²) in [6.45, 7) is 1.60. The highest BCUT2D eigenvalue weighted by Crippen LogP contribution is 2.10. The van der Waals surface area contributed by atoms with Crippen LogP contribution in [0.1, 0.15) is 12.7 Å². The van der Waals surface area contributed by atoms with Gasteiger partial charge in [0.1, 0.15) is 5.71 Å². The second kappa shape index (κ2) is 3.05. The molecule has 0 aliphatic heterocycles. The summed E-state index contributed by atoms with van der Waals surface area (Å²) in [5.74, 6) is 0.757. The van der Waals surface area contributed by atoms with Crippen molar-refractivity contribution in [3.63, 3.8) is 0 Å². The minimum Gasteiger partial charge on any atom is -0.479 e. The van der Waals surface area contributed by atoms with E-state index in [4.69, 9.17) is 14.5 Å². The van der Waals surface area contributed by atoms with Crippen molar-refractivity contribution >= 4 is 5.71 Å². The quantitative estimate of drug-likeness (QED) is 0.392. The summed E-state index contributed by atoms with van der Waals surface area (Å²) in [4.78, 5) is 0. The third-order valence-corrected chi connectivity index (χ3v) is 1.20. The lowest BCUT2D eigenvalue weighted by Gasteiger charge is -1.85. The Balaban J connectivity index is 2.89. The van der Waals surface area contributed by atoms with E-state index in [1.807, 2.05) is 0 Å². The van der Waals surface area contributed by atoms with E-state index in [0.717, 1.165) is 0 Å². The van der Waals surface area contributed by atoms with E-state index in [1.165, 1.54) is 13.2 Å². The molecule has 11 heavy (non-hydrogen) atoms.